The van der Waals surface area contributed by atoms with E-state index < -0.39 is 6.10 Å². The first kappa shape index (κ1) is 12.6. The topological polar surface area (TPSA) is 77.0 Å². The highest BCUT2D eigenvalue weighted by Gasteiger charge is 2.16. The first-order valence-electron chi connectivity index (χ1n) is 6.27. The summed E-state index contributed by atoms with van der Waals surface area (Å²) in [5, 5.41) is 14.0. The molecule has 0 aliphatic carbocycles. The van der Waals surface area contributed by atoms with Crippen molar-refractivity contribution in [3.8, 4) is 11.6 Å². The lowest BCUT2D eigenvalue weighted by atomic mass is 10.1. The Morgan fingerprint density at radius 3 is 2.80 bits per heavy atom. The summed E-state index contributed by atoms with van der Waals surface area (Å²) in [5.41, 5.74) is 0.823. The van der Waals surface area contributed by atoms with Gasteiger partial charge in [0.25, 0.3) is 0 Å². The largest absolute Gasteiger partial charge is 0.388 e. The summed E-state index contributed by atoms with van der Waals surface area (Å²) >= 11 is 0. The number of nitrogens with zero attached hydrogens (tertiary/aromatic N) is 4. The molecule has 20 heavy (non-hydrogen) atoms. The van der Waals surface area contributed by atoms with Crippen molar-refractivity contribution in [2.75, 3.05) is 0 Å². The van der Waals surface area contributed by atoms with E-state index in [1.165, 1.54) is 0 Å². The van der Waals surface area contributed by atoms with Crippen LogP contribution in [0.3, 0.4) is 0 Å². The zero-order valence-electron chi connectivity index (χ0n) is 11.0. The SMILES string of the molecule is Cn1ccnc1-c1noc(CC(O)c2ccccc2)n1. The number of aromatic nitrogens is 4. The highest BCUT2D eigenvalue weighted by Crippen LogP contribution is 2.19. The van der Waals surface area contributed by atoms with Crippen LogP contribution in [0.2, 0.25) is 0 Å². The maximum Gasteiger partial charge on any atom is 0.238 e. The number of rotatable bonds is 4. The predicted octanol–water partition coefficient (Wildman–Crippen LogP) is 1.75. The van der Waals surface area contributed by atoms with E-state index >= 15 is 0 Å². The molecule has 0 aliphatic rings. The molecule has 3 aromatic rings. The minimum atomic E-state index is -0.661. The fourth-order valence-electron chi connectivity index (χ4n) is 1.97. The molecule has 2 aromatic heterocycles. The van der Waals surface area contributed by atoms with Crippen LogP contribution < -0.4 is 0 Å². The molecular formula is C14H14N4O2. The lowest BCUT2D eigenvalue weighted by Crippen LogP contribution is -2.02. The van der Waals surface area contributed by atoms with Crippen LogP contribution >= 0.6 is 0 Å². The van der Waals surface area contributed by atoms with E-state index in [4.69, 9.17) is 4.52 Å². The van der Waals surface area contributed by atoms with Gasteiger partial charge in [0.15, 0.2) is 5.82 Å². The highest BCUT2D eigenvalue weighted by atomic mass is 16.5. The summed E-state index contributed by atoms with van der Waals surface area (Å²) in [6, 6.07) is 9.39. The Morgan fingerprint density at radius 2 is 2.10 bits per heavy atom. The van der Waals surface area contributed by atoms with Gasteiger partial charge in [0, 0.05) is 19.4 Å². The maximum absolute atomic E-state index is 10.1. The van der Waals surface area contributed by atoms with E-state index in [-0.39, 0.29) is 6.42 Å². The van der Waals surface area contributed by atoms with E-state index in [0.29, 0.717) is 17.5 Å². The molecule has 2 heterocycles. The van der Waals surface area contributed by atoms with Gasteiger partial charge in [0.2, 0.25) is 11.7 Å². The quantitative estimate of drug-likeness (QED) is 0.781. The van der Waals surface area contributed by atoms with Crippen molar-refractivity contribution in [3.05, 3.63) is 54.2 Å². The molecule has 0 aliphatic heterocycles. The van der Waals surface area contributed by atoms with Crippen molar-refractivity contribution in [2.45, 2.75) is 12.5 Å². The number of hydrogen-bond donors (Lipinski definition) is 1. The van der Waals surface area contributed by atoms with Gasteiger partial charge in [-0.1, -0.05) is 35.5 Å². The molecule has 102 valence electrons. The molecule has 0 amide bonds. The third-order valence-corrected chi connectivity index (χ3v) is 3.04. The number of aliphatic hydroxyl groups is 1. The summed E-state index contributed by atoms with van der Waals surface area (Å²) in [7, 11) is 1.86. The lowest BCUT2D eigenvalue weighted by molar-refractivity contribution is 0.165. The number of benzene rings is 1. The fraction of sp³-hybridized carbons (Fsp3) is 0.214. The van der Waals surface area contributed by atoms with Gasteiger partial charge in [0.1, 0.15) is 0 Å². The number of aliphatic hydroxyl groups excluding tert-OH is 1. The van der Waals surface area contributed by atoms with E-state index in [9.17, 15) is 5.11 Å². The standard InChI is InChI=1S/C14H14N4O2/c1-18-8-7-15-14(18)13-16-12(20-17-13)9-11(19)10-5-3-2-4-6-10/h2-8,11,19H,9H2,1H3. The molecule has 0 bridgehead atoms. The zero-order chi connectivity index (χ0) is 13.9. The van der Waals surface area contributed by atoms with Gasteiger partial charge in [-0.3, -0.25) is 0 Å². The minimum Gasteiger partial charge on any atom is -0.388 e. The molecule has 0 radical (unpaired) electrons. The molecule has 1 aromatic carbocycles. The van der Waals surface area contributed by atoms with Crippen LogP contribution in [0.15, 0.2) is 47.2 Å². The lowest BCUT2D eigenvalue weighted by Gasteiger charge is -2.07. The first-order chi connectivity index (χ1) is 9.74. The number of hydrogen-bond acceptors (Lipinski definition) is 5. The van der Waals surface area contributed by atoms with E-state index in [0.717, 1.165) is 5.56 Å². The second-order valence-corrected chi connectivity index (χ2v) is 4.50. The average molecular weight is 270 g/mol. The Balaban J connectivity index is 1.77. The van der Waals surface area contributed by atoms with Crippen LogP contribution in [0.5, 0.6) is 0 Å². The second kappa shape index (κ2) is 5.26. The first-order valence-corrected chi connectivity index (χ1v) is 6.27. The van der Waals surface area contributed by atoms with Crippen molar-refractivity contribution in [1.82, 2.24) is 19.7 Å². The van der Waals surface area contributed by atoms with E-state index in [1.54, 1.807) is 6.20 Å². The van der Waals surface area contributed by atoms with Gasteiger partial charge >= 0.3 is 0 Å². The molecule has 0 saturated heterocycles. The van der Waals surface area contributed by atoms with Gasteiger partial charge in [-0.25, -0.2) is 4.98 Å². The maximum atomic E-state index is 10.1. The fourth-order valence-corrected chi connectivity index (χ4v) is 1.97. The molecule has 6 heteroatoms. The summed E-state index contributed by atoms with van der Waals surface area (Å²) < 4.78 is 6.97. The van der Waals surface area contributed by atoms with Crippen LogP contribution in [0.25, 0.3) is 11.6 Å². The molecule has 0 fully saturated rings. The Bertz CT molecular complexity index is 690. The summed E-state index contributed by atoms with van der Waals surface area (Å²) in [5.74, 6) is 1.45. The van der Waals surface area contributed by atoms with Crippen LogP contribution in [0.1, 0.15) is 17.6 Å². The average Bonchev–Trinajstić information content (AvgIpc) is 3.08. The van der Waals surface area contributed by atoms with Crippen molar-refractivity contribution in [3.63, 3.8) is 0 Å². The Labute approximate surface area is 115 Å². The summed E-state index contributed by atoms with van der Waals surface area (Å²) in [6.45, 7) is 0. The van der Waals surface area contributed by atoms with Crippen LogP contribution in [-0.2, 0) is 13.5 Å². The molecule has 6 nitrogen and oxygen atoms in total. The summed E-state index contributed by atoms with van der Waals surface area (Å²) in [4.78, 5) is 8.41. The van der Waals surface area contributed by atoms with Crippen molar-refractivity contribution < 1.29 is 9.63 Å². The van der Waals surface area contributed by atoms with Crippen molar-refractivity contribution in [2.24, 2.45) is 7.05 Å². The zero-order valence-corrected chi connectivity index (χ0v) is 11.0. The Kier molecular flexibility index (Phi) is 3.30. The van der Waals surface area contributed by atoms with Gasteiger partial charge < -0.3 is 14.2 Å². The molecule has 0 spiro atoms. The monoisotopic (exact) mass is 270 g/mol. The summed E-state index contributed by atoms with van der Waals surface area (Å²) in [6.07, 6.45) is 3.10. The van der Waals surface area contributed by atoms with E-state index in [1.807, 2.05) is 48.1 Å². The van der Waals surface area contributed by atoms with Gasteiger partial charge in [-0.05, 0) is 5.56 Å². The minimum absolute atomic E-state index is 0.279. The van der Waals surface area contributed by atoms with Gasteiger partial charge in [-0.2, -0.15) is 4.98 Å². The highest BCUT2D eigenvalue weighted by molar-refractivity contribution is 5.42. The van der Waals surface area contributed by atoms with Gasteiger partial charge in [-0.15, -0.1) is 0 Å². The van der Waals surface area contributed by atoms with Crippen molar-refractivity contribution >= 4 is 0 Å². The van der Waals surface area contributed by atoms with Gasteiger partial charge in [0.05, 0.1) is 12.5 Å². The predicted molar refractivity (Wildman–Crippen MR) is 71.6 cm³/mol. The molecule has 1 atom stereocenters. The molecule has 3 rings (SSSR count). The molecule has 0 saturated carbocycles. The number of aryl methyl sites for hydroxylation is 1. The third kappa shape index (κ3) is 2.46. The smallest absolute Gasteiger partial charge is 0.238 e. The third-order valence-electron chi connectivity index (χ3n) is 3.04. The Morgan fingerprint density at radius 1 is 1.30 bits per heavy atom. The van der Waals surface area contributed by atoms with Crippen LogP contribution in [0.4, 0.5) is 0 Å². The van der Waals surface area contributed by atoms with Crippen molar-refractivity contribution in [1.29, 1.82) is 0 Å². The second-order valence-electron chi connectivity index (χ2n) is 4.50. The van der Waals surface area contributed by atoms with Crippen LogP contribution in [0, 0.1) is 0 Å². The van der Waals surface area contributed by atoms with Crippen LogP contribution in [-0.4, -0.2) is 24.8 Å². The number of imidazole rings is 1. The molecule has 1 N–H and O–H groups in total. The molecule has 1 unspecified atom stereocenters. The van der Waals surface area contributed by atoms with E-state index in [2.05, 4.69) is 15.1 Å². The Hall–Kier alpha value is -2.47. The normalized spacial score (nSPS) is 12.5. The molecular weight excluding hydrogens is 256 g/mol.